The zero-order valence-corrected chi connectivity index (χ0v) is 19.1. The lowest BCUT2D eigenvalue weighted by atomic mass is 10.2. The van der Waals surface area contributed by atoms with Crippen LogP contribution in [-0.2, 0) is 0 Å². The van der Waals surface area contributed by atoms with Crippen molar-refractivity contribution in [3.8, 4) is 11.3 Å². The molecule has 0 saturated carbocycles. The van der Waals surface area contributed by atoms with E-state index in [1.807, 2.05) is 97.1 Å². The lowest BCUT2D eigenvalue weighted by Gasteiger charge is -2.10. The standard InChI is InChI=1S/C26H20ClN7O/c27-19-13-11-18(12-14-19)23-16-15-22(35-23)17-28-34-26-32-24(29-20-7-3-1-4-8-20)31-25(33-26)30-21-9-5-2-6-10-21/h1-17H,(H3,29,30,31,32,33,34)/b28-17-. The molecule has 0 saturated heterocycles. The van der Waals surface area contributed by atoms with Crippen molar-refractivity contribution in [1.29, 1.82) is 0 Å². The van der Waals surface area contributed by atoms with E-state index < -0.39 is 0 Å². The molecule has 0 aliphatic heterocycles. The highest BCUT2D eigenvalue weighted by atomic mass is 35.5. The molecule has 5 aromatic rings. The maximum atomic E-state index is 5.96. The van der Waals surface area contributed by atoms with Gasteiger partial charge >= 0.3 is 0 Å². The SMILES string of the molecule is Clc1ccc(-c2ccc(/C=N\Nc3nc(Nc4ccccc4)nc(Nc4ccccc4)n3)o2)cc1. The van der Waals surface area contributed by atoms with E-state index in [2.05, 4.69) is 36.1 Å². The summed E-state index contributed by atoms with van der Waals surface area (Å²) in [5, 5.41) is 11.3. The molecule has 2 aromatic heterocycles. The van der Waals surface area contributed by atoms with Crippen LogP contribution in [0.5, 0.6) is 0 Å². The molecule has 0 amide bonds. The number of halogens is 1. The maximum Gasteiger partial charge on any atom is 0.250 e. The number of anilines is 5. The van der Waals surface area contributed by atoms with Gasteiger partial charge in [0.25, 0.3) is 0 Å². The third-order valence-corrected chi connectivity index (χ3v) is 5.06. The molecule has 8 nitrogen and oxygen atoms in total. The second-order valence-electron chi connectivity index (χ2n) is 7.37. The van der Waals surface area contributed by atoms with Gasteiger partial charge < -0.3 is 15.1 Å². The summed E-state index contributed by atoms with van der Waals surface area (Å²) in [5.74, 6) is 2.28. The molecular weight excluding hydrogens is 462 g/mol. The number of rotatable bonds is 8. The predicted octanol–water partition coefficient (Wildman–Crippen LogP) is 6.72. The van der Waals surface area contributed by atoms with Crippen molar-refractivity contribution >= 4 is 47.0 Å². The summed E-state index contributed by atoms with van der Waals surface area (Å²) in [6.07, 6.45) is 1.55. The number of para-hydroxylation sites is 2. The Kier molecular flexibility index (Phi) is 6.63. The highest BCUT2D eigenvalue weighted by Crippen LogP contribution is 2.23. The van der Waals surface area contributed by atoms with Crippen LogP contribution in [0.15, 0.2) is 107 Å². The summed E-state index contributed by atoms with van der Waals surface area (Å²) in [4.78, 5) is 13.3. The summed E-state index contributed by atoms with van der Waals surface area (Å²) in [6, 6.07) is 30.4. The number of benzene rings is 3. The fraction of sp³-hybridized carbons (Fsp3) is 0. The summed E-state index contributed by atoms with van der Waals surface area (Å²) in [5.41, 5.74) is 5.48. The molecule has 0 fully saturated rings. The number of nitrogens with zero attached hydrogens (tertiary/aromatic N) is 4. The first-order valence-electron chi connectivity index (χ1n) is 10.8. The lowest BCUT2D eigenvalue weighted by Crippen LogP contribution is -2.07. The molecule has 5 rings (SSSR count). The van der Waals surface area contributed by atoms with Gasteiger partial charge in [0.2, 0.25) is 17.8 Å². The Hall–Kier alpha value is -4.69. The number of hydrazone groups is 1. The van der Waals surface area contributed by atoms with Crippen LogP contribution in [0.1, 0.15) is 5.76 Å². The summed E-state index contributed by atoms with van der Waals surface area (Å²) >= 11 is 5.96. The Labute approximate surface area is 206 Å². The molecule has 0 atom stereocenters. The average molecular weight is 482 g/mol. The number of aromatic nitrogens is 3. The summed E-state index contributed by atoms with van der Waals surface area (Å²) < 4.78 is 5.84. The Morgan fingerprint density at radius 2 is 1.23 bits per heavy atom. The molecule has 3 aromatic carbocycles. The highest BCUT2D eigenvalue weighted by Gasteiger charge is 2.08. The Bertz CT molecular complexity index is 1360. The number of furan rings is 1. The van der Waals surface area contributed by atoms with Crippen LogP contribution < -0.4 is 16.1 Å². The van der Waals surface area contributed by atoms with Crippen molar-refractivity contribution in [1.82, 2.24) is 15.0 Å². The van der Waals surface area contributed by atoms with Gasteiger partial charge in [-0.25, -0.2) is 5.43 Å². The molecule has 0 bridgehead atoms. The van der Waals surface area contributed by atoms with Crippen molar-refractivity contribution in [2.24, 2.45) is 5.10 Å². The zero-order valence-electron chi connectivity index (χ0n) is 18.4. The quantitative estimate of drug-likeness (QED) is 0.167. The maximum absolute atomic E-state index is 5.96. The van der Waals surface area contributed by atoms with Gasteiger partial charge in [-0.1, -0.05) is 48.0 Å². The van der Waals surface area contributed by atoms with Crippen LogP contribution in [0.4, 0.5) is 29.2 Å². The number of hydrogen-bond acceptors (Lipinski definition) is 8. The van der Waals surface area contributed by atoms with Crippen LogP contribution in [0.3, 0.4) is 0 Å². The van der Waals surface area contributed by atoms with Crippen LogP contribution in [0.25, 0.3) is 11.3 Å². The van der Waals surface area contributed by atoms with Crippen LogP contribution in [-0.4, -0.2) is 21.2 Å². The van der Waals surface area contributed by atoms with Crippen molar-refractivity contribution in [3.63, 3.8) is 0 Å². The number of nitrogens with one attached hydrogen (secondary N) is 3. The van der Waals surface area contributed by atoms with E-state index in [0.29, 0.717) is 28.4 Å². The minimum absolute atomic E-state index is 0.262. The van der Waals surface area contributed by atoms with Gasteiger partial charge in [0, 0.05) is 22.0 Å². The van der Waals surface area contributed by atoms with E-state index in [-0.39, 0.29) is 5.95 Å². The summed E-state index contributed by atoms with van der Waals surface area (Å²) in [7, 11) is 0. The van der Waals surface area contributed by atoms with Gasteiger partial charge in [-0.05, 0) is 60.7 Å². The van der Waals surface area contributed by atoms with E-state index in [4.69, 9.17) is 16.0 Å². The first-order chi connectivity index (χ1) is 17.2. The first-order valence-corrected chi connectivity index (χ1v) is 11.1. The van der Waals surface area contributed by atoms with E-state index in [1.165, 1.54) is 0 Å². The molecule has 0 unspecified atom stereocenters. The van der Waals surface area contributed by atoms with E-state index in [0.717, 1.165) is 16.9 Å². The zero-order chi connectivity index (χ0) is 23.9. The third-order valence-electron chi connectivity index (χ3n) is 4.81. The van der Waals surface area contributed by atoms with Gasteiger partial charge in [-0.2, -0.15) is 20.1 Å². The lowest BCUT2D eigenvalue weighted by molar-refractivity contribution is 0.575. The molecule has 0 aliphatic rings. The van der Waals surface area contributed by atoms with Gasteiger partial charge in [-0.3, -0.25) is 0 Å². The van der Waals surface area contributed by atoms with E-state index >= 15 is 0 Å². The fourth-order valence-electron chi connectivity index (χ4n) is 3.18. The van der Waals surface area contributed by atoms with Gasteiger partial charge in [-0.15, -0.1) is 0 Å². The second kappa shape index (κ2) is 10.5. The number of hydrogen-bond donors (Lipinski definition) is 3. The van der Waals surface area contributed by atoms with E-state index in [9.17, 15) is 0 Å². The molecule has 9 heteroatoms. The fourth-order valence-corrected chi connectivity index (χ4v) is 3.31. The molecule has 0 aliphatic carbocycles. The molecule has 3 N–H and O–H groups in total. The highest BCUT2D eigenvalue weighted by molar-refractivity contribution is 6.30. The smallest absolute Gasteiger partial charge is 0.250 e. The molecular formula is C26H20ClN7O. The molecule has 2 heterocycles. The molecule has 172 valence electrons. The van der Waals surface area contributed by atoms with Crippen molar-refractivity contribution in [2.75, 3.05) is 16.1 Å². The monoisotopic (exact) mass is 481 g/mol. The largest absolute Gasteiger partial charge is 0.455 e. The third kappa shape index (κ3) is 6.01. The molecule has 0 spiro atoms. The predicted molar refractivity (Wildman–Crippen MR) is 140 cm³/mol. The van der Waals surface area contributed by atoms with E-state index in [1.54, 1.807) is 6.21 Å². The van der Waals surface area contributed by atoms with Gasteiger partial charge in [0.05, 0.1) is 6.21 Å². The topological polar surface area (TPSA) is 100 Å². The van der Waals surface area contributed by atoms with Gasteiger partial charge in [0.1, 0.15) is 11.5 Å². The average Bonchev–Trinajstić information content (AvgIpc) is 3.35. The Morgan fingerprint density at radius 1 is 0.657 bits per heavy atom. The second-order valence-corrected chi connectivity index (χ2v) is 7.80. The minimum atomic E-state index is 0.262. The molecule has 0 radical (unpaired) electrons. The normalized spacial score (nSPS) is 10.9. The Morgan fingerprint density at radius 3 is 1.83 bits per heavy atom. The minimum Gasteiger partial charge on any atom is -0.455 e. The summed E-state index contributed by atoms with van der Waals surface area (Å²) in [6.45, 7) is 0. The Balaban J connectivity index is 1.34. The van der Waals surface area contributed by atoms with Crippen LogP contribution in [0, 0.1) is 0 Å². The first kappa shape index (κ1) is 22.1. The van der Waals surface area contributed by atoms with Crippen molar-refractivity contribution in [3.05, 3.63) is 108 Å². The van der Waals surface area contributed by atoms with Crippen LogP contribution >= 0.6 is 11.6 Å². The van der Waals surface area contributed by atoms with Crippen LogP contribution in [0.2, 0.25) is 5.02 Å². The van der Waals surface area contributed by atoms with Crippen molar-refractivity contribution < 1.29 is 4.42 Å². The van der Waals surface area contributed by atoms with Crippen molar-refractivity contribution in [2.45, 2.75) is 0 Å². The van der Waals surface area contributed by atoms with Gasteiger partial charge in [0.15, 0.2) is 0 Å². The molecule has 35 heavy (non-hydrogen) atoms.